The van der Waals surface area contributed by atoms with E-state index in [1.807, 2.05) is 0 Å². The molecule has 1 rings (SSSR count). The van der Waals surface area contributed by atoms with Crippen molar-refractivity contribution in [2.75, 3.05) is 6.54 Å². The number of rotatable bonds is 5. The lowest BCUT2D eigenvalue weighted by Gasteiger charge is -2.16. The number of nitro benzene ring substituents is 1. The van der Waals surface area contributed by atoms with Gasteiger partial charge in [0.1, 0.15) is 0 Å². The van der Waals surface area contributed by atoms with Crippen molar-refractivity contribution in [2.24, 2.45) is 0 Å². The Morgan fingerprint density at radius 3 is 2.47 bits per heavy atom. The summed E-state index contributed by atoms with van der Waals surface area (Å²) in [4.78, 5) is 21.4. The van der Waals surface area contributed by atoms with Gasteiger partial charge in [-0.1, -0.05) is 0 Å². The topological polar surface area (TPSA) is 92.5 Å². The van der Waals surface area contributed by atoms with Crippen LogP contribution in [0.2, 0.25) is 0 Å². The lowest BCUT2D eigenvalue weighted by molar-refractivity contribution is -0.384. The molecule has 2 N–H and O–H groups in total. The molecule has 6 heteroatoms. The van der Waals surface area contributed by atoms with E-state index in [1.54, 1.807) is 32.1 Å². The molecule has 0 bridgehead atoms. The van der Waals surface area contributed by atoms with Crippen LogP contribution in [0.5, 0.6) is 0 Å². The van der Waals surface area contributed by atoms with Gasteiger partial charge in [-0.2, -0.15) is 0 Å². The van der Waals surface area contributed by atoms with Crippen LogP contribution < -0.4 is 5.32 Å². The Bertz CT molecular complexity index is 486. The van der Waals surface area contributed by atoms with Gasteiger partial charge in [-0.05, 0) is 37.6 Å². The number of carbonyl (C=O) groups excluding carboxylic acids is 1. The van der Waals surface area contributed by atoms with E-state index in [1.165, 1.54) is 18.2 Å². The van der Waals surface area contributed by atoms with Crippen LogP contribution in [-0.2, 0) is 4.79 Å². The van der Waals surface area contributed by atoms with E-state index in [2.05, 4.69) is 5.32 Å². The van der Waals surface area contributed by atoms with Gasteiger partial charge in [0.25, 0.3) is 5.69 Å². The molecule has 1 amide bonds. The van der Waals surface area contributed by atoms with Crippen LogP contribution in [0, 0.1) is 10.1 Å². The molecule has 19 heavy (non-hydrogen) atoms. The maximum absolute atomic E-state index is 11.4. The smallest absolute Gasteiger partial charge is 0.269 e. The van der Waals surface area contributed by atoms with Crippen LogP contribution in [0.15, 0.2) is 30.3 Å². The quantitative estimate of drug-likeness (QED) is 0.479. The molecule has 0 unspecified atom stereocenters. The first kappa shape index (κ1) is 14.8. The van der Waals surface area contributed by atoms with Crippen molar-refractivity contribution in [3.63, 3.8) is 0 Å². The molecule has 1 aromatic carbocycles. The Kier molecular flexibility index (Phi) is 4.77. The van der Waals surface area contributed by atoms with Crippen LogP contribution >= 0.6 is 0 Å². The summed E-state index contributed by atoms with van der Waals surface area (Å²) < 4.78 is 0. The number of carbonyl (C=O) groups is 1. The van der Waals surface area contributed by atoms with Gasteiger partial charge < -0.3 is 10.4 Å². The fraction of sp³-hybridized carbons (Fsp3) is 0.308. The molecule has 102 valence electrons. The summed E-state index contributed by atoms with van der Waals surface area (Å²) in [6.07, 6.45) is 2.86. The molecule has 0 aliphatic rings. The Hall–Kier alpha value is -2.21. The van der Waals surface area contributed by atoms with Crippen LogP contribution in [0.1, 0.15) is 19.4 Å². The average Bonchev–Trinajstić information content (AvgIpc) is 2.33. The molecular weight excluding hydrogens is 248 g/mol. The van der Waals surface area contributed by atoms with E-state index >= 15 is 0 Å². The molecule has 1 aromatic rings. The number of non-ortho nitro benzene ring substituents is 1. The minimum absolute atomic E-state index is 0.00336. The molecule has 0 radical (unpaired) electrons. The second-order valence-electron chi connectivity index (χ2n) is 4.71. The summed E-state index contributed by atoms with van der Waals surface area (Å²) in [5, 5.41) is 22.4. The summed E-state index contributed by atoms with van der Waals surface area (Å²) in [5.74, 6) is -0.333. The Morgan fingerprint density at radius 1 is 1.42 bits per heavy atom. The average molecular weight is 264 g/mol. The van der Waals surface area contributed by atoms with Crippen molar-refractivity contribution in [3.05, 3.63) is 46.0 Å². The molecule has 0 aromatic heterocycles. The van der Waals surface area contributed by atoms with Crippen LogP contribution in [-0.4, -0.2) is 28.1 Å². The fourth-order valence-electron chi connectivity index (χ4n) is 1.24. The molecule has 0 spiro atoms. The lowest BCUT2D eigenvalue weighted by Crippen LogP contribution is -2.37. The lowest BCUT2D eigenvalue weighted by atomic mass is 10.1. The standard InChI is InChI=1S/C13H16N2O4/c1-13(2,17)9-14-12(16)8-5-10-3-6-11(7-4-10)15(18)19/h3-8,17H,9H2,1-2H3,(H,14,16). The van der Waals surface area contributed by atoms with Crippen molar-refractivity contribution in [3.8, 4) is 0 Å². The van der Waals surface area contributed by atoms with Gasteiger partial charge in [0.2, 0.25) is 5.91 Å². The van der Waals surface area contributed by atoms with Gasteiger partial charge in [0.15, 0.2) is 0 Å². The molecule has 6 nitrogen and oxygen atoms in total. The van der Waals surface area contributed by atoms with Crippen LogP contribution in [0.25, 0.3) is 6.08 Å². The van der Waals surface area contributed by atoms with E-state index in [-0.39, 0.29) is 18.1 Å². The molecule has 0 fully saturated rings. The third kappa shape index (κ3) is 5.78. The van der Waals surface area contributed by atoms with Gasteiger partial charge in [0.05, 0.1) is 10.5 Å². The van der Waals surface area contributed by atoms with E-state index in [4.69, 9.17) is 0 Å². The minimum Gasteiger partial charge on any atom is -0.389 e. The Balaban J connectivity index is 2.56. The second-order valence-corrected chi connectivity index (χ2v) is 4.71. The van der Waals surface area contributed by atoms with Gasteiger partial charge in [-0.25, -0.2) is 0 Å². The zero-order chi connectivity index (χ0) is 14.5. The molecule has 0 atom stereocenters. The summed E-state index contributed by atoms with van der Waals surface area (Å²) in [6.45, 7) is 3.33. The Morgan fingerprint density at radius 2 is 2.00 bits per heavy atom. The maximum atomic E-state index is 11.4. The van der Waals surface area contributed by atoms with Gasteiger partial charge in [-0.15, -0.1) is 0 Å². The fourth-order valence-corrected chi connectivity index (χ4v) is 1.24. The van der Waals surface area contributed by atoms with Gasteiger partial charge >= 0.3 is 0 Å². The van der Waals surface area contributed by atoms with E-state index in [0.29, 0.717) is 5.56 Å². The SMILES string of the molecule is CC(C)(O)CNC(=O)C=Cc1ccc([N+](=O)[O-])cc1. The molecular formula is C13H16N2O4. The zero-order valence-electron chi connectivity index (χ0n) is 10.8. The van der Waals surface area contributed by atoms with E-state index < -0.39 is 10.5 Å². The highest BCUT2D eigenvalue weighted by atomic mass is 16.6. The number of hydrogen-bond acceptors (Lipinski definition) is 4. The van der Waals surface area contributed by atoms with Crippen molar-refractivity contribution < 1.29 is 14.8 Å². The predicted octanol–water partition coefficient (Wildman–Crippen LogP) is 1.50. The number of benzene rings is 1. The third-order valence-corrected chi connectivity index (χ3v) is 2.23. The number of aliphatic hydroxyl groups is 1. The molecule has 0 saturated heterocycles. The zero-order valence-corrected chi connectivity index (χ0v) is 10.8. The third-order valence-electron chi connectivity index (χ3n) is 2.23. The second kappa shape index (κ2) is 6.10. The molecule has 0 heterocycles. The number of nitro groups is 1. The predicted molar refractivity (Wildman–Crippen MR) is 71.4 cm³/mol. The van der Waals surface area contributed by atoms with E-state index in [0.717, 1.165) is 0 Å². The highest BCUT2D eigenvalue weighted by Crippen LogP contribution is 2.12. The minimum atomic E-state index is -0.961. The molecule has 0 aliphatic heterocycles. The van der Waals surface area contributed by atoms with Crippen molar-refractivity contribution in [1.82, 2.24) is 5.32 Å². The Labute approximate surface area is 110 Å². The summed E-state index contributed by atoms with van der Waals surface area (Å²) in [6, 6.07) is 5.85. The number of amides is 1. The van der Waals surface area contributed by atoms with Crippen molar-refractivity contribution in [1.29, 1.82) is 0 Å². The van der Waals surface area contributed by atoms with Crippen LogP contribution in [0.3, 0.4) is 0 Å². The molecule has 0 saturated carbocycles. The monoisotopic (exact) mass is 264 g/mol. The summed E-state index contributed by atoms with van der Waals surface area (Å²) in [7, 11) is 0. The first-order valence-corrected chi connectivity index (χ1v) is 5.71. The highest BCUT2D eigenvalue weighted by Gasteiger charge is 2.12. The number of nitrogens with one attached hydrogen (secondary N) is 1. The van der Waals surface area contributed by atoms with Gasteiger partial charge in [0, 0.05) is 24.8 Å². The van der Waals surface area contributed by atoms with Crippen molar-refractivity contribution >= 4 is 17.7 Å². The number of nitrogens with zero attached hydrogens (tertiary/aromatic N) is 1. The number of hydrogen-bond donors (Lipinski definition) is 2. The first-order valence-electron chi connectivity index (χ1n) is 5.71. The maximum Gasteiger partial charge on any atom is 0.269 e. The van der Waals surface area contributed by atoms with Gasteiger partial charge in [-0.3, -0.25) is 14.9 Å². The first-order chi connectivity index (χ1) is 8.78. The molecule has 0 aliphatic carbocycles. The normalized spacial score (nSPS) is 11.5. The summed E-state index contributed by atoms with van der Waals surface area (Å²) in [5.41, 5.74) is -0.274. The van der Waals surface area contributed by atoms with Crippen molar-refractivity contribution in [2.45, 2.75) is 19.4 Å². The van der Waals surface area contributed by atoms with Crippen LogP contribution in [0.4, 0.5) is 5.69 Å². The highest BCUT2D eigenvalue weighted by molar-refractivity contribution is 5.91. The largest absolute Gasteiger partial charge is 0.389 e. The summed E-state index contributed by atoms with van der Waals surface area (Å²) >= 11 is 0. The van der Waals surface area contributed by atoms with E-state index in [9.17, 15) is 20.0 Å².